The minimum absolute atomic E-state index is 0.0764. The van der Waals surface area contributed by atoms with Crippen molar-refractivity contribution in [2.75, 3.05) is 11.9 Å². The Kier molecular flexibility index (Phi) is 5.52. The van der Waals surface area contributed by atoms with Gasteiger partial charge in [0, 0.05) is 5.56 Å². The third-order valence-electron chi connectivity index (χ3n) is 3.72. The van der Waals surface area contributed by atoms with Gasteiger partial charge in [0.15, 0.2) is 5.78 Å². The zero-order chi connectivity index (χ0) is 16.8. The van der Waals surface area contributed by atoms with Gasteiger partial charge in [0.05, 0.1) is 18.7 Å². The van der Waals surface area contributed by atoms with E-state index in [1.807, 2.05) is 32.0 Å². The molecule has 0 bridgehead atoms. The van der Waals surface area contributed by atoms with Crippen molar-refractivity contribution in [3.8, 4) is 5.75 Å². The normalized spacial score (nSPS) is 10.2. The standard InChI is InChI=1S/C19H21NO3/c1-13-7-6-10-18(14(13)2)23-12-11-19(22)20-17-9-5-4-8-16(17)15(3)21/h4-10H,11-12H2,1-3H3,(H,20,22). The molecule has 23 heavy (non-hydrogen) atoms. The first kappa shape index (κ1) is 16.7. The highest BCUT2D eigenvalue weighted by Gasteiger charge is 2.10. The summed E-state index contributed by atoms with van der Waals surface area (Å²) in [5.41, 5.74) is 3.28. The maximum absolute atomic E-state index is 12.0. The first-order chi connectivity index (χ1) is 11.0. The van der Waals surface area contributed by atoms with Gasteiger partial charge in [-0.15, -0.1) is 0 Å². The van der Waals surface area contributed by atoms with Crippen LogP contribution in [0, 0.1) is 13.8 Å². The summed E-state index contributed by atoms with van der Waals surface area (Å²) in [6, 6.07) is 12.8. The Labute approximate surface area is 136 Å². The van der Waals surface area contributed by atoms with Crippen molar-refractivity contribution in [2.45, 2.75) is 27.2 Å². The molecule has 1 amide bonds. The second-order valence-electron chi connectivity index (χ2n) is 5.45. The lowest BCUT2D eigenvalue weighted by atomic mass is 10.1. The zero-order valence-corrected chi connectivity index (χ0v) is 13.7. The molecule has 0 unspecified atom stereocenters. The Balaban J connectivity index is 1.91. The number of hydrogen-bond donors (Lipinski definition) is 1. The number of carbonyl (C=O) groups excluding carboxylic acids is 2. The summed E-state index contributed by atoms with van der Waals surface area (Å²) in [6.45, 7) is 5.79. The molecule has 2 aromatic rings. The molecule has 0 aliphatic rings. The molecule has 0 saturated carbocycles. The number of anilines is 1. The van der Waals surface area contributed by atoms with Crippen LogP contribution in [-0.2, 0) is 4.79 Å². The molecule has 1 N–H and O–H groups in total. The number of ketones is 1. The predicted molar refractivity (Wildman–Crippen MR) is 91.1 cm³/mol. The van der Waals surface area contributed by atoms with Gasteiger partial charge < -0.3 is 10.1 Å². The van der Waals surface area contributed by atoms with E-state index in [0.717, 1.165) is 16.9 Å². The summed E-state index contributed by atoms with van der Waals surface area (Å²) in [6.07, 6.45) is 0.222. The predicted octanol–water partition coefficient (Wildman–Crippen LogP) is 3.91. The van der Waals surface area contributed by atoms with Gasteiger partial charge in [-0.05, 0) is 50.1 Å². The van der Waals surface area contributed by atoms with Crippen molar-refractivity contribution >= 4 is 17.4 Å². The topological polar surface area (TPSA) is 55.4 Å². The van der Waals surface area contributed by atoms with E-state index in [1.165, 1.54) is 6.92 Å². The van der Waals surface area contributed by atoms with Crippen LogP contribution in [0.3, 0.4) is 0 Å². The maximum Gasteiger partial charge on any atom is 0.227 e. The number of nitrogens with one attached hydrogen (secondary N) is 1. The van der Waals surface area contributed by atoms with E-state index < -0.39 is 0 Å². The number of ether oxygens (including phenoxy) is 1. The van der Waals surface area contributed by atoms with Crippen molar-refractivity contribution in [3.05, 3.63) is 59.2 Å². The zero-order valence-electron chi connectivity index (χ0n) is 13.7. The van der Waals surface area contributed by atoms with Crippen LogP contribution in [-0.4, -0.2) is 18.3 Å². The van der Waals surface area contributed by atoms with Crippen LogP contribution < -0.4 is 10.1 Å². The van der Waals surface area contributed by atoms with Gasteiger partial charge in [0.25, 0.3) is 0 Å². The monoisotopic (exact) mass is 311 g/mol. The van der Waals surface area contributed by atoms with Crippen molar-refractivity contribution in [3.63, 3.8) is 0 Å². The van der Waals surface area contributed by atoms with Crippen molar-refractivity contribution in [1.82, 2.24) is 0 Å². The highest BCUT2D eigenvalue weighted by atomic mass is 16.5. The van der Waals surface area contributed by atoms with E-state index in [0.29, 0.717) is 17.9 Å². The number of amides is 1. The Hall–Kier alpha value is -2.62. The van der Waals surface area contributed by atoms with Crippen molar-refractivity contribution in [1.29, 1.82) is 0 Å². The van der Waals surface area contributed by atoms with Gasteiger partial charge in [-0.1, -0.05) is 24.3 Å². The highest BCUT2D eigenvalue weighted by Crippen LogP contribution is 2.21. The second kappa shape index (κ2) is 7.58. The van der Waals surface area contributed by atoms with Crippen LogP contribution in [0.5, 0.6) is 5.75 Å². The summed E-state index contributed by atoms with van der Waals surface area (Å²) in [7, 11) is 0. The molecule has 4 nitrogen and oxygen atoms in total. The molecule has 2 aromatic carbocycles. The number of hydrogen-bond acceptors (Lipinski definition) is 3. The minimum Gasteiger partial charge on any atom is -0.493 e. The average Bonchev–Trinajstić information content (AvgIpc) is 2.52. The largest absolute Gasteiger partial charge is 0.493 e. The Morgan fingerprint density at radius 3 is 2.52 bits per heavy atom. The van der Waals surface area contributed by atoms with Crippen LogP contribution in [0.4, 0.5) is 5.69 Å². The molecule has 0 aliphatic heterocycles. The molecule has 0 aromatic heterocycles. The van der Waals surface area contributed by atoms with Gasteiger partial charge in [-0.3, -0.25) is 9.59 Å². The number of para-hydroxylation sites is 1. The summed E-state index contributed by atoms with van der Waals surface area (Å²) >= 11 is 0. The van der Waals surface area contributed by atoms with Gasteiger partial charge in [-0.25, -0.2) is 0 Å². The summed E-state index contributed by atoms with van der Waals surface area (Å²) in [5, 5.41) is 2.76. The number of Topliss-reactive ketones (excluding diaryl/α,β-unsaturated/α-hetero) is 1. The summed E-state index contributed by atoms with van der Waals surface area (Å²) in [4.78, 5) is 23.6. The number of aryl methyl sites for hydroxylation is 1. The Morgan fingerprint density at radius 2 is 1.78 bits per heavy atom. The van der Waals surface area contributed by atoms with Gasteiger partial charge in [0.1, 0.15) is 5.75 Å². The van der Waals surface area contributed by atoms with Crippen molar-refractivity contribution < 1.29 is 14.3 Å². The SMILES string of the molecule is CC(=O)c1ccccc1NC(=O)CCOc1cccc(C)c1C. The third-order valence-corrected chi connectivity index (χ3v) is 3.72. The van der Waals surface area contributed by atoms with E-state index in [1.54, 1.807) is 24.3 Å². The average molecular weight is 311 g/mol. The molecular weight excluding hydrogens is 290 g/mol. The lowest BCUT2D eigenvalue weighted by molar-refractivity contribution is -0.116. The fraction of sp³-hybridized carbons (Fsp3) is 0.263. The van der Waals surface area contributed by atoms with E-state index in [9.17, 15) is 9.59 Å². The summed E-state index contributed by atoms with van der Waals surface area (Å²) in [5.74, 6) is 0.540. The fourth-order valence-corrected chi connectivity index (χ4v) is 2.25. The minimum atomic E-state index is -0.177. The number of carbonyl (C=O) groups is 2. The highest BCUT2D eigenvalue weighted by molar-refractivity contribution is 6.03. The molecule has 120 valence electrons. The van der Waals surface area contributed by atoms with Crippen LogP contribution in [0.2, 0.25) is 0 Å². The van der Waals surface area contributed by atoms with Crippen LogP contribution in [0.15, 0.2) is 42.5 Å². The number of rotatable bonds is 6. The molecule has 0 spiro atoms. The quantitative estimate of drug-likeness (QED) is 0.823. The molecule has 0 radical (unpaired) electrons. The van der Waals surface area contributed by atoms with E-state index in [-0.39, 0.29) is 18.1 Å². The Bertz CT molecular complexity index is 722. The Morgan fingerprint density at radius 1 is 1.04 bits per heavy atom. The van der Waals surface area contributed by atoms with E-state index in [4.69, 9.17) is 4.74 Å². The lowest BCUT2D eigenvalue weighted by Gasteiger charge is -2.12. The van der Waals surface area contributed by atoms with Crippen molar-refractivity contribution in [2.24, 2.45) is 0 Å². The maximum atomic E-state index is 12.0. The molecule has 4 heteroatoms. The lowest BCUT2D eigenvalue weighted by Crippen LogP contribution is -2.17. The van der Waals surface area contributed by atoms with E-state index in [2.05, 4.69) is 5.32 Å². The van der Waals surface area contributed by atoms with Crippen LogP contribution in [0.1, 0.15) is 34.8 Å². The van der Waals surface area contributed by atoms with Crippen LogP contribution in [0.25, 0.3) is 0 Å². The molecule has 0 aliphatic carbocycles. The molecule has 0 heterocycles. The third kappa shape index (κ3) is 4.42. The van der Waals surface area contributed by atoms with Gasteiger partial charge >= 0.3 is 0 Å². The van der Waals surface area contributed by atoms with E-state index >= 15 is 0 Å². The molecule has 0 atom stereocenters. The first-order valence-electron chi connectivity index (χ1n) is 7.58. The van der Waals surface area contributed by atoms with Crippen LogP contribution >= 0.6 is 0 Å². The molecular formula is C19H21NO3. The first-order valence-corrected chi connectivity index (χ1v) is 7.58. The smallest absolute Gasteiger partial charge is 0.227 e. The summed E-state index contributed by atoms with van der Waals surface area (Å²) < 4.78 is 5.68. The molecule has 0 fully saturated rings. The fourth-order valence-electron chi connectivity index (χ4n) is 2.25. The number of benzene rings is 2. The molecule has 2 rings (SSSR count). The second-order valence-corrected chi connectivity index (χ2v) is 5.45. The van der Waals surface area contributed by atoms with Gasteiger partial charge in [0.2, 0.25) is 5.91 Å². The van der Waals surface area contributed by atoms with Gasteiger partial charge in [-0.2, -0.15) is 0 Å². The molecule has 0 saturated heterocycles.